The van der Waals surface area contributed by atoms with Gasteiger partial charge >= 0.3 is 6.18 Å². The van der Waals surface area contributed by atoms with Crippen molar-refractivity contribution in [2.45, 2.75) is 38.8 Å². The molecule has 6 nitrogen and oxygen atoms in total. The Hall–Kier alpha value is -3.72. The van der Waals surface area contributed by atoms with Crippen molar-refractivity contribution in [2.75, 3.05) is 18.5 Å². The van der Waals surface area contributed by atoms with Gasteiger partial charge in [-0.15, -0.1) is 0 Å². The van der Waals surface area contributed by atoms with Crippen LogP contribution < -0.4 is 5.32 Å². The number of H-pyrrole nitrogens is 1. The maximum Gasteiger partial charge on any atom is 0.416 e. The summed E-state index contributed by atoms with van der Waals surface area (Å²) in [5, 5.41) is 2.69. The number of imidazole rings is 1. The molecule has 1 aliphatic heterocycles. The van der Waals surface area contributed by atoms with Crippen molar-refractivity contribution in [1.82, 2.24) is 15.0 Å². The summed E-state index contributed by atoms with van der Waals surface area (Å²) in [7, 11) is 0. The molecule has 0 unspecified atom stereocenters. The molecule has 9 heteroatoms. The number of alkyl halides is 3. The van der Waals surface area contributed by atoms with Crippen LogP contribution in [0.1, 0.15) is 51.8 Å². The van der Waals surface area contributed by atoms with Gasteiger partial charge in [0.1, 0.15) is 11.5 Å². The summed E-state index contributed by atoms with van der Waals surface area (Å²) >= 11 is 0. The molecule has 3 heterocycles. The number of rotatable bonds is 4. The van der Waals surface area contributed by atoms with Crippen LogP contribution in [0.25, 0.3) is 22.2 Å². The number of benzene rings is 2. The third-order valence-electron chi connectivity index (χ3n) is 6.53. The molecule has 186 valence electrons. The molecule has 1 aliphatic rings. The van der Waals surface area contributed by atoms with E-state index in [1.807, 2.05) is 26.0 Å². The van der Waals surface area contributed by atoms with Gasteiger partial charge in [-0.1, -0.05) is 6.07 Å². The van der Waals surface area contributed by atoms with Gasteiger partial charge in [0.05, 0.1) is 16.6 Å². The zero-order chi connectivity index (χ0) is 25.4. The van der Waals surface area contributed by atoms with Gasteiger partial charge in [-0.2, -0.15) is 13.2 Å². The van der Waals surface area contributed by atoms with Crippen LogP contribution in [0.5, 0.6) is 0 Å². The average molecular weight is 495 g/mol. The first-order valence-electron chi connectivity index (χ1n) is 11.7. The van der Waals surface area contributed by atoms with Gasteiger partial charge in [0.25, 0.3) is 5.91 Å². The Balaban J connectivity index is 1.52. The zero-order valence-corrected chi connectivity index (χ0v) is 19.9. The number of ether oxygens (including phenoxy) is 1. The molecular formula is C27H25F3N4O2. The van der Waals surface area contributed by atoms with Crippen LogP contribution in [-0.4, -0.2) is 34.1 Å². The second-order valence-electron chi connectivity index (χ2n) is 9.08. The van der Waals surface area contributed by atoms with Crippen LogP contribution >= 0.6 is 0 Å². The third kappa shape index (κ3) is 4.83. The van der Waals surface area contributed by atoms with Crippen molar-refractivity contribution < 1.29 is 22.7 Å². The van der Waals surface area contributed by atoms with E-state index >= 15 is 0 Å². The van der Waals surface area contributed by atoms with E-state index < -0.39 is 17.6 Å². The second kappa shape index (κ2) is 9.39. The topological polar surface area (TPSA) is 79.9 Å². The molecule has 0 bridgehead atoms. The Kier molecular flexibility index (Phi) is 6.26. The first-order chi connectivity index (χ1) is 17.2. The zero-order valence-electron chi connectivity index (χ0n) is 19.9. The molecule has 1 saturated heterocycles. The largest absolute Gasteiger partial charge is 0.416 e. The van der Waals surface area contributed by atoms with E-state index in [1.165, 1.54) is 5.56 Å². The average Bonchev–Trinajstić information content (AvgIpc) is 3.25. The van der Waals surface area contributed by atoms with E-state index in [0.717, 1.165) is 77.9 Å². The van der Waals surface area contributed by atoms with E-state index in [9.17, 15) is 18.0 Å². The molecule has 2 N–H and O–H groups in total. The summed E-state index contributed by atoms with van der Waals surface area (Å²) in [6.45, 7) is 5.33. The molecule has 5 rings (SSSR count). The number of nitrogens with zero attached hydrogens (tertiary/aromatic N) is 2. The summed E-state index contributed by atoms with van der Waals surface area (Å²) in [5.41, 5.74) is 4.99. The first kappa shape index (κ1) is 24.0. The fourth-order valence-electron chi connectivity index (χ4n) is 4.65. The number of amides is 1. The summed E-state index contributed by atoms with van der Waals surface area (Å²) in [6.07, 6.45) is -1.69. The molecule has 0 radical (unpaired) electrons. The molecule has 0 aliphatic carbocycles. The lowest BCUT2D eigenvalue weighted by Crippen LogP contribution is -2.15. The maximum atomic E-state index is 13.1. The first-order valence-corrected chi connectivity index (χ1v) is 11.7. The number of nitrogens with one attached hydrogen (secondary N) is 2. The maximum absolute atomic E-state index is 13.1. The number of carbonyl (C=O) groups is 1. The number of anilines is 1. The fourth-order valence-corrected chi connectivity index (χ4v) is 4.65. The van der Waals surface area contributed by atoms with E-state index in [1.54, 1.807) is 6.07 Å². The van der Waals surface area contributed by atoms with Gasteiger partial charge in [-0.05, 0) is 85.7 Å². The lowest BCUT2D eigenvalue weighted by Gasteiger charge is -2.23. The van der Waals surface area contributed by atoms with Crippen LogP contribution in [0.4, 0.5) is 18.9 Å². The Labute approximate surface area is 205 Å². The highest BCUT2D eigenvalue weighted by atomic mass is 19.4. The summed E-state index contributed by atoms with van der Waals surface area (Å²) < 4.78 is 44.7. The van der Waals surface area contributed by atoms with Crippen molar-refractivity contribution >= 4 is 22.6 Å². The normalized spacial score (nSPS) is 14.8. The predicted molar refractivity (Wildman–Crippen MR) is 131 cm³/mol. The Morgan fingerprint density at radius 3 is 2.58 bits per heavy atom. The molecule has 0 saturated carbocycles. The Morgan fingerprint density at radius 1 is 1.06 bits per heavy atom. The highest BCUT2D eigenvalue weighted by molar-refractivity contribution is 6.03. The number of hydrogen-bond acceptors (Lipinski definition) is 4. The SMILES string of the molecule is Cc1nc2c(-c3cc(NC(=O)c4cc(C(F)(F)F)ccn4)ccc3C)cc(C3CCOCC3)cc2[nH]1. The van der Waals surface area contributed by atoms with Gasteiger partial charge in [-0.3, -0.25) is 9.78 Å². The highest BCUT2D eigenvalue weighted by Crippen LogP contribution is 2.37. The summed E-state index contributed by atoms with van der Waals surface area (Å²) in [5.74, 6) is 0.460. The van der Waals surface area contributed by atoms with Crippen molar-refractivity contribution in [1.29, 1.82) is 0 Å². The monoisotopic (exact) mass is 494 g/mol. The van der Waals surface area contributed by atoms with Gasteiger partial charge in [0.15, 0.2) is 0 Å². The van der Waals surface area contributed by atoms with Gasteiger partial charge in [0, 0.05) is 30.7 Å². The number of halogens is 3. The molecular weight excluding hydrogens is 469 g/mol. The van der Waals surface area contributed by atoms with Gasteiger partial charge in [0.2, 0.25) is 0 Å². The number of carbonyl (C=O) groups excluding carboxylic acids is 1. The van der Waals surface area contributed by atoms with E-state index in [-0.39, 0.29) is 5.69 Å². The standard InChI is InChI=1S/C27H25F3N4O2/c1-15-3-4-20(34-26(35)24-13-19(5-8-31-24)27(28,29)30)14-21(15)22-11-18(17-6-9-36-10-7-17)12-23-25(22)33-16(2)32-23/h3-5,8,11-14,17H,6-7,9-10H2,1-2H3,(H,32,33)(H,34,35). The van der Waals surface area contributed by atoms with Crippen LogP contribution in [0.3, 0.4) is 0 Å². The molecule has 1 fully saturated rings. The molecule has 4 aromatic rings. The van der Waals surface area contributed by atoms with Crippen LogP contribution in [0, 0.1) is 13.8 Å². The number of aromatic amines is 1. The molecule has 1 amide bonds. The molecule has 0 spiro atoms. The molecule has 36 heavy (non-hydrogen) atoms. The molecule has 0 atom stereocenters. The number of fused-ring (bicyclic) bond motifs is 1. The Bertz CT molecular complexity index is 1440. The summed E-state index contributed by atoms with van der Waals surface area (Å²) in [4.78, 5) is 24.6. The minimum Gasteiger partial charge on any atom is -0.381 e. The lowest BCUT2D eigenvalue weighted by atomic mass is 9.88. The van der Waals surface area contributed by atoms with Gasteiger partial charge < -0.3 is 15.0 Å². The van der Waals surface area contributed by atoms with Crippen LogP contribution in [0.15, 0.2) is 48.7 Å². The van der Waals surface area contributed by atoms with Gasteiger partial charge in [-0.25, -0.2) is 4.98 Å². The van der Waals surface area contributed by atoms with Crippen molar-refractivity contribution in [3.8, 4) is 11.1 Å². The number of hydrogen-bond donors (Lipinski definition) is 2. The van der Waals surface area contributed by atoms with Crippen molar-refractivity contribution in [2.24, 2.45) is 0 Å². The lowest BCUT2D eigenvalue weighted by molar-refractivity contribution is -0.137. The quantitative estimate of drug-likeness (QED) is 0.344. The fraction of sp³-hybridized carbons (Fsp3) is 0.296. The second-order valence-corrected chi connectivity index (χ2v) is 9.08. The van der Waals surface area contributed by atoms with E-state index in [4.69, 9.17) is 9.72 Å². The van der Waals surface area contributed by atoms with Crippen LogP contribution in [-0.2, 0) is 10.9 Å². The third-order valence-corrected chi connectivity index (χ3v) is 6.53. The number of aromatic nitrogens is 3. The highest BCUT2D eigenvalue weighted by Gasteiger charge is 2.31. The van der Waals surface area contributed by atoms with E-state index in [0.29, 0.717) is 11.6 Å². The number of pyridine rings is 1. The number of aryl methyl sites for hydroxylation is 2. The Morgan fingerprint density at radius 2 is 1.83 bits per heavy atom. The van der Waals surface area contributed by atoms with E-state index in [2.05, 4.69) is 27.4 Å². The minimum atomic E-state index is -4.56. The minimum absolute atomic E-state index is 0.307. The predicted octanol–water partition coefficient (Wildman–Crippen LogP) is 6.41. The van der Waals surface area contributed by atoms with Crippen molar-refractivity contribution in [3.05, 3.63) is 76.9 Å². The molecule has 2 aromatic heterocycles. The molecule has 2 aromatic carbocycles. The van der Waals surface area contributed by atoms with Crippen molar-refractivity contribution in [3.63, 3.8) is 0 Å². The van der Waals surface area contributed by atoms with Crippen LogP contribution in [0.2, 0.25) is 0 Å². The summed E-state index contributed by atoms with van der Waals surface area (Å²) in [6, 6.07) is 11.3. The smallest absolute Gasteiger partial charge is 0.381 e.